The number of primary sulfonamides is 1. The second kappa shape index (κ2) is 8.59. The number of hydrogen-bond donors (Lipinski definition) is 2. The van der Waals surface area contributed by atoms with Crippen LogP contribution in [0.5, 0.6) is 0 Å². The molecule has 1 saturated heterocycles. The topological polar surface area (TPSA) is 110 Å². The van der Waals surface area contributed by atoms with Crippen LogP contribution in [0.15, 0.2) is 34.1 Å². The summed E-state index contributed by atoms with van der Waals surface area (Å²) in [5.74, 6) is 0. The molecular formula is C14H24ClN3O4S2. The van der Waals surface area contributed by atoms with E-state index in [1.54, 1.807) is 0 Å². The molecular weight excluding hydrogens is 374 g/mol. The Morgan fingerprint density at radius 1 is 1.17 bits per heavy atom. The van der Waals surface area contributed by atoms with Crippen LogP contribution in [0, 0.1) is 0 Å². The molecule has 1 aromatic carbocycles. The number of benzene rings is 1. The predicted octanol–water partition coefficient (Wildman–Crippen LogP) is 0.908. The first kappa shape index (κ1) is 21.3. The van der Waals surface area contributed by atoms with E-state index in [9.17, 15) is 16.8 Å². The zero-order chi connectivity index (χ0) is 17.1. The van der Waals surface area contributed by atoms with Gasteiger partial charge in [-0.05, 0) is 50.6 Å². The lowest BCUT2D eigenvalue weighted by molar-refractivity contribution is 0.262. The van der Waals surface area contributed by atoms with Crippen molar-refractivity contribution in [1.82, 2.24) is 9.62 Å². The Morgan fingerprint density at radius 3 is 2.29 bits per heavy atom. The van der Waals surface area contributed by atoms with Gasteiger partial charge in [0, 0.05) is 12.6 Å². The monoisotopic (exact) mass is 397 g/mol. The number of nitrogens with two attached hydrogens (primary N) is 1. The fourth-order valence-electron chi connectivity index (χ4n) is 2.76. The molecule has 1 aromatic rings. The highest BCUT2D eigenvalue weighted by Gasteiger charge is 2.32. The highest BCUT2D eigenvalue weighted by Crippen LogP contribution is 2.24. The van der Waals surface area contributed by atoms with Gasteiger partial charge in [0.2, 0.25) is 20.0 Å². The number of hydrogen-bond acceptors (Lipinski definition) is 5. The summed E-state index contributed by atoms with van der Waals surface area (Å²) in [6.07, 6.45) is 2.18. The lowest BCUT2D eigenvalue weighted by Gasteiger charge is -2.33. The second-order valence-corrected chi connectivity index (χ2v) is 9.07. The van der Waals surface area contributed by atoms with Crippen molar-refractivity contribution in [3.05, 3.63) is 24.3 Å². The van der Waals surface area contributed by atoms with E-state index in [1.807, 2.05) is 6.92 Å². The van der Waals surface area contributed by atoms with Gasteiger partial charge < -0.3 is 5.32 Å². The summed E-state index contributed by atoms with van der Waals surface area (Å²) < 4.78 is 50.4. The standard InChI is InChI=1S/C14H23N3O4S2.ClH/c1-2-10-17(12-6-8-16-9-7-12)23(20,21)14-5-3-4-13(11-14)22(15,18)19;/h3-5,11-12,16H,2,6-10H2,1H3,(H2,15,18,19);1H. The van der Waals surface area contributed by atoms with Crippen LogP contribution in [-0.2, 0) is 20.0 Å². The van der Waals surface area contributed by atoms with Crippen LogP contribution < -0.4 is 10.5 Å². The Bertz CT molecular complexity index is 747. The molecule has 0 bridgehead atoms. The van der Waals surface area contributed by atoms with Crippen LogP contribution in [0.25, 0.3) is 0 Å². The maximum atomic E-state index is 13.0. The predicted molar refractivity (Wildman–Crippen MR) is 95.1 cm³/mol. The Morgan fingerprint density at radius 2 is 1.75 bits per heavy atom. The van der Waals surface area contributed by atoms with Crippen LogP contribution in [0.1, 0.15) is 26.2 Å². The molecule has 138 valence electrons. The van der Waals surface area contributed by atoms with Gasteiger partial charge >= 0.3 is 0 Å². The summed E-state index contributed by atoms with van der Waals surface area (Å²) in [6.45, 7) is 3.88. The fraction of sp³-hybridized carbons (Fsp3) is 0.571. The van der Waals surface area contributed by atoms with E-state index in [2.05, 4.69) is 5.32 Å². The Kier molecular flexibility index (Phi) is 7.64. The van der Waals surface area contributed by atoms with Gasteiger partial charge in [-0.25, -0.2) is 22.0 Å². The van der Waals surface area contributed by atoms with Gasteiger partial charge in [-0.2, -0.15) is 4.31 Å². The first-order chi connectivity index (χ1) is 10.8. The van der Waals surface area contributed by atoms with E-state index in [1.165, 1.54) is 22.5 Å². The third-order valence-corrected chi connectivity index (χ3v) is 6.76. The van der Waals surface area contributed by atoms with Gasteiger partial charge in [-0.1, -0.05) is 13.0 Å². The molecule has 0 spiro atoms. The molecule has 0 aliphatic carbocycles. The van der Waals surface area contributed by atoms with Gasteiger partial charge in [-0.3, -0.25) is 0 Å². The van der Waals surface area contributed by atoms with Crippen molar-refractivity contribution in [2.75, 3.05) is 19.6 Å². The quantitative estimate of drug-likeness (QED) is 0.741. The Hall–Kier alpha value is -0.710. The minimum atomic E-state index is -3.94. The van der Waals surface area contributed by atoms with Crippen molar-refractivity contribution in [3.63, 3.8) is 0 Å². The number of halogens is 1. The van der Waals surface area contributed by atoms with Gasteiger partial charge in [0.15, 0.2) is 0 Å². The SMILES string of the molecule is CCCN(C1CCNCC1)S(=O)(=O)c1cccc(S(N)(=O)=O)c1.Cl. The molecule has 3 N–H and O–H groups in total. The van der Waals surface area contributed by atoms with E-state index >= 15 is 0 Å². The molecule has 7 nitrogen and oxygen atoms in total. The van der Waals surface area contributed by atoms with E-state index in [0.717, 1.165) is 32.0 Å². The number of sulfonamides is 2. The Balaban J connectivity index is 0.00000288. The molecule has 10 heteroatoms. The molecule has 1 aliphatic heterocycles. The molecule has 1 heterocycles. The van der Waals surface area contributed by atoms with Crippen LogP contribution in [0.3, 0.4) is 0 Å². The summed E-state index contributed by atoms with van der Waals surface area (Å²) in [7, 11) is -7.70. The molecule has 1 aliphatic rings. The van der Waals surface area contributed by atoms with Crippen molar-refractivity contribution in [2.45, 2.75) is 42.0 Å². The summed E-state index contributed by atoms with van der Waals surface area (Å²) in [5, 5.41) is 8.32. The van der Waals surface area contributed by atoms with E-state index in [4.69, 9.17) is 5.14 Å². The zero-order valence-corrected chi connectivity index (χ0v) is 16.0. The van der Waals surface area contributed by atoms with Gasteiger partial charge in [0.1, 0.15) is 0 Å². The summed E-state index contributed by atoms with van der Waals surface area (Å²) in [5.41, 5.74) is 0. The molecule has 0 amide bonds. The molecule has 1 fully saturated rings. The highest BCUT2D eigenvalue weighted by molar-refractivity contribution is 7.90. The van der Waals surface area contributed by atoms with E-state index in [0.29, 0.717) is 13.0 Å². The second-order valence-electron chi connectivity index (χ2n) is 5.62. The molecule has 24 heavy (non-hydrogen) atoms. The van der Waals surface area contributed by atoms with Gasteiger partial charge in [-0.15, -0.1) is 12.4 Å². The average Bonchev–Trinajstić information content (AvgIpc) is 2.52. The minimum absolute atomic E-state index is 0. The number of rotatable bonds is 6. The summed E-state index contributed by atoms with van der Waals surface area (Å²) in [6, 6.07) is 5.17. The molecule has 2 rings (SSSR count). The lowest BCUT2D eigenvalue weighted by atomic mass is 10.1. The van der Waals surface area contributed by atoms with Crippen LogP contribution in [0.2, 0.25) is 0 Å². The van der Waals surface area contributed by atoms with Gasteiger partial charge in [0.25, 0.3) is 0 Å². The maximum Gasteiger partial charge on any atom is 0.243 e. The number of piperidine rings is 1. The summed E-state index contributed by atoms with van der Waals surface area (Å²) >= 11 is 0. The first-order valence-electron chi connectivity index (χ1n) is 7.62. The normalized spacial score (nSPS) is 16.8. The van der Waals surface area contributed by atoms with Crippen molar-refractivity contribution >= 4 is 32.5 Å². The van der Waals surface area contributed by atoms with Crippen molar-refractivity contribution in [1.29, 1.82) is 0 Å². The largest absolute Gasteiger partial charge is 0.317 e. The Labute approximate surface area is 150 Å². The van der Waals surface area contributed by atoms with Crippen molar-refractivity contribution in [2.24, 2.45) is 5.14 Å². The number of nitrogens with zero attached hydrogens (tertiary/aromatic N) is 1. The first-order valence-corrected chi connectivity index (χ1v) is 10.6. The van der Waals surface area contributed by atoms with E-state index in [-0.39, 0.29) is 28.2 Å². The molecule has 0 saturated carbocycles. The smallest absolute Gasteiger partial charge is 0.243 e. The molecule has 0 unspecified atom stereocenters. The van der Waals surface area contributed by atoms with Crippen LogP contribution >= 0.6 is 12.4 Å². The number of nitrogens with one attached hydrogen (secondary N) is 1. The zero-order valence-electron chi connectivity index (χ0n) is 13.5. The fourth-order valence-corrected chi connectivity index (χ4v) is 5.22. The molecule has 0 aromatic heterocycles. The van der Waals surface area contributed by atoms with Crippen molar-refractivity contribution < 1.29 is 16.8 Å². The minimum Gasteiger partial charge on any atom is -0.317 e. The highest BCUT2D eigenvalue weighted by atomic mass is 35.5. The van der Waals surface area contributed by atoms with Crippen LogP contribution in [0.4, 0.5) is 0 Å². The lowest BCUT2D eigenvalue weighted by Crippen LogP contribution is -2.46. The summed E-state index contributed by atoms with van der Waals surface area (Å²) in [4.78, 5) is -0.226. The van der Waals surface area contributed by atoms with E-state index < -0.39 is 20.0 Å². The molecule has 0 radical (unpaired) electrons. The third-order valence-electron chi connectivity index (χ3n) is 3.90. The third kappa shape index (κ3) is 4.90. The van der Waals surface area contributed by atoms with Crippen LogP contribution in [-0.4, -0.2) is 46.8 Å². The molecule has 0 atom stereocenters. The van der Waals surface area contributed by atoms with Gasteiger partial charge in [0.05, 0.1) is 9.79 Å². The van der Waals surface area contributed by atoms with Crippen molar-refractivity contribution in [3.8, 4) is 0 Å². The maximum absolute atomic E-state index is 13.0. The average molecular weight is 398 g/mol.